The second kappa shape index (κ2) is 5.76. The first-order chi connectivity index (χ1) is 12.8. The van der Waals surface area contributed by atoms with Gasteiger partial charge in [0.2, 0.25) is 0 Å². The molecule has 1 saturated carbocycles. The van der Waals surface area contributed by atoms with Crippen LogP contribution in [0.3, 0.4) is 0 Å². The van der Waals surface area contributed by atoms with E-state index in [0.717, 1.165) is 24.4 Å². The third kappa shape index (κ3) is 2.52. The molecule has 2 heterocycles. The van der Waals surface area contributed by atoms with Crippen LogP contribution in [0, 0.1) is 0 Å². The molecule has 1 aliphatic rings. The number of phenolic OH excluding ortho intramolecular Hbond substituents is 1. The van der Waals surface area contributed by atoms with Crippen molar-refractivity contribution >= 4 is 0 Å². The number of aromatic hydroxyl groups is 1. The van der Waals surface area contributed by atoms with Gasteiger partial charge in [0.1, 0.15) is 12.1 Å². The van der Waals surface area contributed by atoms with E-state index in [4.69, 9.17) is 4.98 Å². The summed E-state index contributed by atoms with van der Waals surface area (Å²) in [5.41, 5.74) is 2.19. The van der Waals surface area contributed by atoms with Gasteiger partial charge in [0.05, 0.1) is 16.9 Å². The van der Waals surface area contributed by atoms with Crippen LogP contribution in [0.1, 0.15) is 24.6 Å². The lowest BCUT2D eigenvalue weighted by Crippen LogP contribution is -2.00. The first kappa shape index (κ1) is 14.8. The Bertz CT molecular complexity index is 1050. The summed E-state index contributed by atoms with van der Waals surface area (Å²) in [6.45, 7) is 0. The largest absolute Gasteiger partial charge is 0.507 e. The van der Waals surface area contributed by atoms with Crippen molar-refractivity contribution in [2.75, 3.05) is 0 Å². The highest BCUT2D eigenvalue weighted by atomic mass is 16.3. The van der Waals surface area contributed by atoms with Gasteiger partial charge in [0.15, 0.2) is 11.6 Å². The number of para-hydroxylation sites is 1. The summed E-state index contributed by atoms with van der Waals surface area (Å²) in [5.74, 6) is 1.97. The molecule has 1 fully saturated rings. The molecule has 2 aromatic carbocycles. The van der Waals surface area contributed by atoms with Crippen LogP contribution in [-0.4, -0.2) is 40.1 Å². The molecule has 8 nitrogen and oxygen atoms in total. The standard InChI is InChI=1S/C18H15N7O/c26-16-10-14(24-11-19-22-23-24)8-9-15(16)18-20-17(12-6-7-12)21-25(18)13-4-2-1-3-5-13/h1-5,8-12,26H,6-7H2. The lowest BCUT2D eigenvalue weighted by atomic mass is 10.1. The number of aromatic nitrogens is 7. The number of phenols is 1. The average molecular weight is 345 g/mol. The van der Waals surface area contributed by atoms with E-state index < -0.39 is 0 Å². The number of hydrogen-bond donors (Lipinski definition) is 1. The van der Waals surface area contributed by atoms with E-state index in [-0.39, 0.29) is 5.75 Å². The van der Waals surface area contributed by atoms with E-state index in [1.54, 1.807) is 10.7 Å². The highest BCUT2D eigenvalue weighted by molar-refractivity contribution is 5.67. The predicted molar refractivity (Wildman–Crippen MR) is 93.1 cm³/mol. The molecule has 8 heteroatoms. The Labute approximate surface area is 148 Å². The van der Waals surface area contributed by atoms with E-state index in [9.17, 15) is 5.11 Å². The molecule has 0 bridgehead atoms. The monoisotopic (exact) mass is 345 g/mol. The molecule has 0 aliphatic heterocycles. The fourth-order valence-electron chi connectivity index (χ4n) is 2.90. The van der Waals surface area contributed by atoms with Gasteiger partial charge in [-0.25, -0.2) is 14.3 Å². The molecule has 5 rings (SSSR count). The fraction of sp³-hybridized carbons (Fsp3) is 0.167. The smallest absolute Gasteiger partial charge is 0.167 e. The van der Waals surface area contributed by atoms with Crippen molar-refractivity contribution in [2.45, 2.75) is 18.8 Å². The molecule has 0 saturated heterocycles. The molecule has 1 N–H and O–H groups in total. The second-order valence-electron chi connectivity index (χ2n) is 6.27. The minimum Gasteiger partial charge on any atom is -0.507 e. The highest BCUT2D eigenvalue weighted by Crippen LogP contribution is 2.40. The van der Waals surface area contributed by atoms with Gasteiger partial charge in [0, 0.05) is 12.0 Å². The normalized spacial score (nSPS) is 13.8. The molecule has 128 valence electrons. The van der Waals surface area contributed by atoms with E-state index in [0.29, 0.717) is 23.0 Å². The maximum atomic E-state index is 10.6. The van der Waals surface area contributed by atoms with Gasteiger partial charge in [0.25, 0.3) is 0 Å². The van der Waals surface area contributed by atoms with Gasteiger partial charge in [-0.15, -0.1) is 5.10 Å². The maximum absolute atomic E-state index is 10.6. The molecule has 0 spiro atoms. The van der Waals surface area contributed by atoms with Crippen LogP contribution >= 0.6 is 0 Å². The van der Waals surface area contributed by atoms with Crippen molar-refractivity contribution < 1.29 is 5.11 Å². The Balaban J connectivity index is 1.63. The molecular formula is C18H15N7O. The van der Waals surface area contributed by atoms with Crippen LogP contribution in [0.15, 0.2) is 54.9 Å². The number of nitrogens with zero attached hydrogens (tertiary/aromatic N) is 7. The highest BCUT2D eigenvalue weighted by Gasteiger charge is 2.30. The van der Waals surface area contributed by atoms with E-state index >= 15 is 0 Å². The third-order valence-corrected chi connectivity index (χ3v) is 4.40. The summed E-state index contributed by atoms with van der Waals surface area (Å²) in [4.78, 5) is 4.72. The molecule has 1 aliphatic carbocycles. The van der Waals surface area contributed by atoms with Crippen LogP contribution in [0.25, 0.3) is 22.8 Å². The molecule has 0 amide bonds. The van der Waals surface area contributed by atoms with Crippen molar-refractivity contribution in [1.82, 2.24) is 35.0 Å². The molecule has 26 heavy (non-hydrogen) atoms. The van der Waals surface area contributed by atoms with Gasteiger partial charge in [-0.1, -0.05) is 18.2 Å². The van der Waals surface area contributed by atoms with Crippen molar-refractivity contribution in [3.05, 3.63) is 60.7 Å². The molecule has 4 aromatic rings. The summed E-state index contributed by atoms with van der Waals surface area (Å²) in [7, 11) is 0. The van der Waals surface area contributed by atoms with Gasteiger partial charge >= 0.3 is 0 Å². The first-order valence-electron chi connectivity index (χ1n) is 8.39. The minimum atomic E-state index is 0.102. The average Bonchev–Trinajstić information content (AvgIpc) is 3.20. The van der Waals surface area contributed by atoms with Crippen molar-refractivity contribution in [3.8, 4) is 28.5 Å². The van der Waals surface area contributed by atoms with Gasteiger partial charge in [-0.2, -0.15) is 5.10 Å². The molecular weight excluding hydrogens is 330 g/mol. The van der Waals surface area contributed by atoms with Crippen LogP contribution in [-0.2, 0) is 0 Å². The Hall–Kier alpha value is -3.55. The SMILES string of the molecule is Oc1cc(-n2cnnn2)ccc1-c1nc(C2CC2)nn1-c1ccccc1. The summed E-state index contributed by atoms with van der Waals surface area (Å²) < 4.78 is 3.28. The van der Waals surface area contributed by atoms with Crippen molar-refractivity contribution in [2.24, 2.45) is 0 Å². The van der Waals surface area contributed by atoms with Crippen LogP contribution < -0.4 is 0 Å². The minimum absolute atomic E-state index is 0.102. The first-order valence-corrected chi connectivity index (χ1v) is 8.39. The summed E-state index contributed by atoms with van der Waals surface area (Å²) in [6, 6.07) is 15.1. The molecule has 0 radical (unpaired) electrons. The lowest BCUT2D eigenvalue weighted by Gasteiger charge is -2.08. The van der Waals surface area contributed by atoms with E-state index in [1.807, 2.05) is 42.5 Å². The Morgan fingerprint density at radius 3 is 2.54 bits per heavy atom. The molecule has 0 unspecified atom stereocenters. The second-order valence-corrected chi connectivity index (χ2v) is 6.27. The number of benzene rings is 2. The molecule has 2 aromatic heterocycles. The Kier molecular flexibility index (Phi) is 3.27. The number of rotatable bonds is 4. The predicted octanol–water partition coefficient (Wildman–Crippen LogP) is 2.49. The molecule has 0 atom stereocenters. The van der Waals surface area contributed by atoms with Gasteiger partial charge in [-0.05, 0) is 47.5 Å². The number of hydrogen-bond acceptors (Lipinski definition) is 6. The van der Waals surface area contributed by atoms with Crippen molar-refractivity contribution in [3.63, 3.8) is 0 Å². The van der Waals surface area contributed by atoms with Crippen LogP contribution in [0.5, 0.6) is 5.75 Å². The summed E-state index contributed by atoms with van der Waals surface area (Å²) in [6.07, 6.45) is 3.71. The quantitative estimate of drug-likeness (QED) is 0.611. The summed E-state index contributed by atoms with van der Waals surface area (Å²) >= 11 is 0. The maximum Gasteiger partial charge on any atom is 0.167 e. The van der Waals surface area contributed by atoms with Crippen LogP contribution in [0.4, 0.5) is 0 Å². The topological polar surface area (TPSA) is 94.5 Å². The lowest BCUT2D eigenvalue weighted by molar-refractivity contribution is 0.476. The number of tetrazole rings is 1. The van der Waals surface area contributed by atoms with E-state index in [1.165, 1.54) is 11.0 Å². The zero-order valence-electron chi connectivity index (χ0n) is 13.8. The zero-order valence-corrected chi connectivity index (χ0v) is 13.8. The Morgan fingerprint density at radius 2 is 1.85 bits per heavy atom. The summed E-state index contributed by atoms with van der Waals surface area (Å²) in [5, 5.41) is 26.4. The van der Waals surface area contributed by atoms with Gasteiger partial charge in [-0.3, -0.25) is 0 Å². The van der Waals surface area contributed by atoms with Gasteiger partial charge < -0.3 is 5.11 Å². The van der Waals surface area contributed by atoms with Crippen molar-refractivity contribution in [1.29, 1.82) is 0 Å². The zero-order chi connectivity index (χ0) is 17.5. The fourth-order valence-corrected chi connectivity index (χ4v) is 2.90. The van der Waals surface area contributed by atoms with E-state index in [2.05, 4.69) is 20.6 Å². The van der Waals surface area contributed by atoms with Crippen LogP contribution in [0.2, 0.25) is 0 Å². The third-order valence-electron chi connectivity index (χ3n) is 4.40. The Morgan fingerprint density at radius 1 is 1.00 bits per heavy atom.